The zero-order chi connectivity index (χ0) is 23.0. The molecule has 1 aromatic heterocycles. The maximum absolute atomic E-state index is 4.94. The molecule has 0 aliphatic heterocycles. The highest BCUT2D eigenvalue weighted by Gasteiger charge is 2.15. The van der Waals surface area contributed by atoms with Crippen LogP contribution in [0.2, 0.25) is 0 Å². The summed E-state index contributed by atoms with van der Waals surface area (Å²) < 4.78 is 0. The van der Waals surface area contributed by atoms with Gasteiger partial charge in [-0.2, -0.15) is 0 Å². The summed E-state index contributed by atoms with van der Waals surface area (Å²) in [5.74, 6) is 2.07. The molecule has 168 valence electrons. The molecule has 0 fully saturated rings. The first-order valence-corrected chi connectivity index (χ1v) is 11.8. The van der Waals surface area contributed by atoms with E-state index in [2.05, 4.69) is 78.8 Å². The number of aliphatic imine (C=N–C) groups is 2. The van der Waals surface area contributed by atoms with Gasteiger partial charge in [-0.1, -0.05) is 74.5 Å². The molecular formula is C29H32N4. The monoisotopic (exact) mass is 436 g/mol. The molecule has 1 heterocycles. The third kappa shape index (κ3) is 6.04. The van der Waals surface area contributed by atoms with Crippen molar-refractivity contribution >= 4 is 11.7 Å². The Balaban J connectivity index is 1.55. The number of nitrogens with one attached hydrogen (secondary N) is 1. The lowest BCUT2D eigenvalue weighted by atomic mass is 9.96. The average Bonchev–Trinajstić information content (AvgIpc) is 3.36. The van der Waals surface area contributed by atoms with E-state index in [1.165, 1.54) is 17.7 Å². The van der Waals surface area contributed by atoms with Gasteiger partial charge in [0, 0.05) is 23.0 Å². The van der Waals surface area contributed by atoms with Crippen molar-refractivity contribution in [3.05, 3.63) is 101 Å². The summed E-state index contributed by atoms with van der Waals surface area (Å²) in [4.78, 5) is 14.1. The number of hydrogen-bond acceptors (Lipinski definition) is 2. The van der Waals surface area contributed by atoms with Gasteiger partial charge in [-0.3, -0.25) is 9.98 Å². The third-order valence-electron chi connectivity index (χ3n) is 5.84. The van der Waals surface area contributed by atoms with Crippen LogP contribution in [0.5, 0.6) is 0 Å². The summed E-state index contributed by atoms with van der Waals surface area (Å²) in [6, 6.07) is 22.9. The summed E-state index contributed by atoms with van der Waals surface area (Å²) in [6.45, 7) is 7.02. The van der Waals surface area contributed by atoms with Crippen molar-refractivity contribution in [3.8, 4) is 11.3 Å². The van der Waals surface area contributed by atoms with Crippen LogP contribution in [0.4, 0.5) is 0 Å². The van der Waals surface area contributed by atoms with E-state index in [9.17, 15) is 0 Å². The summed E-state index contributed by atoms with van der Waals surface area (Å²) in [5.41, 5.74) is 6.94. The first kappa shape index (κ1) is 22.7. The maximum Gasteiger partial charge on any atom is 0.139 e. The van der Waals surface area contributed by atoms with E-state index >= 15 is 0 Å². The fourth-order valence-electron chi connectivity index (χ4n) is 4.03. The summed E-state index contributed by atoms with van der Waals surface area (Å²) in [6.07, 6.45) is 7.50. The lowest BCUT2D eigenvalue weighted by Gasteiger charge is -2.17. The second kappa shape index (κ2) is 10.9. The van der Waals surface area contributed by atoms with Gasteiger partial charge >= 0.3 is 0 Å². The number of pyridine rings is 1. The van der Waals surface area contributed by atoms with Gasteiger partial charge in [0.05, 0.1) is 12.2 Å². The van der Waals surface area contributed by atoms with Crippen LogP contribution in [0.15, 0.2) is 94.7 Å². The van der Waals surface area contributed by atoms with Gasteiger partial charge in [0.25, 0.3) is 0 Å². The van der Waals surface area contributed by atoms with Crippen molar-refractivity contribution < 1.29 is 0 Å². The number of hydrogen-bond donors (Lipinski definition) is 1. The van der Waals surface area contributed by atoms with Crippen LogP contribution in [0.25, 0.3) is 11.3 Å². The Morgan fingerprint density at radius 1 is 1.00 bits per heavy atom. The zero-order valence-electron chi connectivity index (χ0n) is 19.8. The predicted octanol–water partition coefficient (Wildman–Crippen LogP) is 6.89. The predicted molar refractivity (Wildman–Crippen MR) is 139 cm³/mol. The first-order chi connectivity index (χ1) is 16.1. The Hall–Kier alpha value is -3.53. The van der Waals surface area contributed by atoms with Crippen molar-refractivity contribution in [1.82, 2.24) is 10.3 Å². The zero-order valence-corrected chi connectivity index (χ0v) is 19.8. The van der Waals surface area contributed by atoms with Crippen molar-refractivity contribution in [2.24, 2.45) is 9.98 Å². The van der Waals surface area contributed by atoms with Crippen LogP contribution in [0.1, 0.15) is 62.6 Å². The molecule has 0 spiro atoms. The van der Waals surface area contributed by atoms with Gasteiger partial charge in [-0.15, -0.1) is 0 Å². The Kier molecular flexibility index (Phi) is 7.46. The number of allylic oxidation sites excluding steroid dienone is 2. The van der Waals surface area contributed by atoms with E-state index in [-0.39, 0.29) is 0 Å². The third-order valence-corrected chi connectivity index (χ3v) is 5.84. The quantitative estimate of drug-likeness (QED) is 0.338. The lowest BCUT2D eigenvalue weighted by Crippen LogP contribution is -2.25. The Morgan fingerprint density at radius 3 is 2.48 bits per heavy atom. The summed E-state index contributed by atoms with van der Waals surface area (Å²) in [7, 11) is 0. The number of nitrogens with zero attached hydrogens (tertiary/aromatic N) is 3. The average molecular weight is 437 g/mol. The minimum Gasteiger partial charge on any atom is -0.344 e. The smallest absolute Gasteiger partial charge is 0.139 e. The molecule has 1 aliphatic carbocycles. The minimum atomic E-state index is 0.417. The number of rotatable bonds is 6. The van der Waals surface area contributed by atoms with Crippen molar-refractivity contribution in [1.29, 1.82) is 0 Å². The van der Waals surface area contributed by atoms with Gasteiger partial charge in [0.15, 0.2) is 0 Å². The van der Waals surface area contributed by atoms with Crippen molar-refractivity contribution in [2.45, 2.75) is 52.5 Å². The molecule has 4 nitrogen and oxygen atoms in total. The van der Waals surface area contributed by atoms with E-state index in [1.807, 2.05) is 31.3 Å². The highest BCUT2D eigenvalue weighted by molar-refractivity contribution is 6.07. The van der Waals surface area contributed by atoms with E-state index in [1.54, 1.807) is 0 Å². The summed E-state index contributed by atoms with van der Waals surface area (Å²) >= 11 is 0. The number of aromatic nitrogens is 1. The maximum atomic E-state index is 4.94. The van der Waals surface area contributed by atoms with E-state index in [4.69, 9.17) is 9.98 Å². The van der Waals surface area contributed by atoms with Gasteiger partial charge in [0.1, 0.15) is 11.7 Å². The molecule has 4 rings (SSSR count). The SMILES string of the molecule is CC(=NCc1ccc(-c2ccccn2)cc1)N=C(NC1=CCCC1)c1ccccc1C(C)C. The largest absolute Gasteiger partial charge is 0.344 e. The van der Waals surface area contributed by atoms with E-state index in [0.717, 1.165) is 46.9 Å². The summed E-state index contributed by atoms with van der Waals surface area (Å²) in [5, 5.41) is 3.61. The molecule has 1 N–H and O–H groups in total. The Morgan fingerprint density at radius 2 is 1.79 bits per heavy atom. The van der Waals surface area contributed by atoms with Crippen LogP contribution >= 0.6 is 0 Å². The van der Waals surface area contributed by atoms with Gasteiger partial charge in [-0.25, -0.2) is 4.99 Å². The van der Waals surface area contributed by atoms with Crippen molar-refractivity contribution in [3.63, 3.8) is 0 Å². The van der Waals surface area contributed by atoms with Crippen LogP contribution < -0.4 is 5.32 Å². The molecule has 0 saturated carbocycles. The fourth-order valence-corrected chi connectivity index (χ4v) is 4.03. The molecule has 0 unspecified atom stereocenters. The molecule has 0 amide bonds. The highest BCUT2D eigenvalue weighted by Crippen LogP contribution is 2.22. The molecule has 4 heteroatoms. The standard InChI is InChI=1S/C29H32N4/c1-21(2)26-12-6-7-13-27(26)29(33-25-10-4-5-11-25)32-22(3)31-20-23-15-17-24(18-16-23)28-14-8-9-19-30-28/h6-10,12-19,21H,4-5,11,20H2,1-3H3,(H,31,32,33). The van der Waals surface area contributed by atoms with Gasteiger partial charge < -0.3 is 5.32 Å². The van der Waals surface area contributed by atoms with Gasteiger partial charge in [-0.05, 0) is 55.4 Å². The minimum absolute atomic E-state index is 0.417. The normalized spacial score (nSPS) is 14.5. The molecule has 3 aromatic rings. The van der Waals surface area contributed by atoms with Crippen LogP contribution in [-0.4, -0.2) is 16.7 Å². The number of amidine groups is 2. The molecule has 0 saturated heterocycles. The molecule has 1 aliphatic rings. The topological polar surface area (TPSA) is 49.6 Å². The van der Waals surface area contributed by atoms with Crippen LogP contribution in [0.3, 0.4) is 0 Å². The van der Waals surface area contributed by atoms with E-state index < -0.39 is 0 Å². The fraction of sp³-hybridized carbons (Fsp3) is 0.276. The molecule has 0 atom stereocenters. The molecule has 33 heavy (non-hydrogen) atoms. The Labute approximate surface area is 197 Å². The molecule has 2 aromatic carbocycles. The van der Waals surface area contributed by atoms with Crippen LogP contribution in [-0.2, 0) is 6.54 Å². The molecule has 0 bridgehead atoms. The second-order valence-electron chi connectivity index (χ2n) is 8.72. The second-order valence-corrected chi connectivity index (χ2v) is 8.72. The lowest BCUT2D eigenvalue weighted by molar-refractivity contribution is 0.856. The highest BCUT2D eigenvalue weighted by atomic mass is 15.0. The molecule has 0 radical (unpaired) electrons. The first-order valence-electron chi connectivity index (χ1n) is 11.8. The molecular weight excluding hydrogens is 404 g/mol. The van der Waals surface area contributed by atoms with Crippen LogP contribution in [0, 0.1) is 0 Å². The van der Waals surface area contributed by atoms with Crippen molar-refractivity contribution in [2.75, 3.05) is 0 Å². The number of benzene rings is 2. The van der Waals surface area contributed by atoms with E-state index in [0.29, 0.717) is 12.5 Å². The Bertz CT molecular complexity index is 1160. The van der Waals surface area contributed by atoms with Gasteiger partial charge in [0.2, 0.25) is 0 Å².